The zero-order chi connectivity index (χ0) is 25.4. The van der Waals surface area contributed by atoms with Crippen LogP contribution in [0.4, 0.5) is 10.1 Å². The Balaban J connectivity index is 1.52. The number of pyridine rings is 3. The quantitative estimate of drug-likeness (QED) is 0.438. The predicted molar refractivity (Wildman–Crippen MR) is 137 cm³/mol. The van der Waals surface area contributed by atoms with Gasteiger partial charge in [-0.15, -0.1) is 0 Å². The van der Waals surface area contributed by atoms with Crippen LogP contribution in [0.25, 0.3) is 11.0 Å². The third-order valence-electron chi connectivity index (χ3n) is 6.93. The highest BCUT2D eigenvalue weighted by atomic mass is 19.1. The van der Waals surface area contributed by atoms with Crippen LogP contribution >= 0.6 is 0 Å². The number of nitrogens with zero attached hydrogens (tertiary/aromatic N) is 6. The molecule has 8 heteroatoms. The summed E-state index contributed by atoms with van der Waals surface area (Å²) < 4.78 is 15.7. The molecule has 0 amide bonds. The van der Waals surface area contributed by atoms with Gasteiger partial charge >= 0.3 is 0 Å². The molecular weight excluding hydrogens is 455 g/mol. The second-order valence-electron chi connectivity index (χ2n) is 9.35. The van der Waals surface area contributed by atoms with Crippen LogP contribution < -0.4 is 10.5 Å². The molecule has 0 radical (unpaired) electrons. The summed E-state index contributed by atoms with van der Waals surface area (Å²) in [6.45, 7) is 6.13. The molecule has 4 heterocycles. The van der Waals surface area contributed by atoms with E-state index in [9.17, 15) is 14.4 Å². The number of nitriles is 1. The highest BCUT2D eigenvalue weighted by Crippen LogP contribution is 2.33. The first-order chi connectivity index (χ1) is 17.4. The Bertz CT molecular complexity index is 1520. The zero-order valence-electron chi connectivity index (χ0n) is 20.5. The van der Waals surface area contributed by atoms with Gasteiger partial charge in [-0.1, -0.05) is 29.8 Å². The summed E-state index contributed by atoms with van der Waals surface area (Å²) in [4.78, 5) is 26.3. The predicted octanol–water partition coefficient (Wildman–Crippen LogP) is 3.95. The molecule has 0 saturated carbocycles. The van der Waals surface area contributed by atoms with E-state index in [1.54, 1.807) is 29.8 Å². The molecular formula is C28H27FN6O. The fourth-order valence-electron chi connectivity index (χ4n) is 5.06. The molecule has 1 aromatic carbocycles. The van der Waals surface area contributed by atoms with Crippen LogP contribution in [0.1, 0.15) is 35.5 Å². The van der Waals surface area contributed by atoms with Crippen molar-refractivity contribution in [1.82, 2.24) is 19.4 Å². The van der Waals surface area contributed by atoms with Crippen LogP contribution in [0.2, 0.25) is 0 Å². The third-order valence-corrected chi connectivity index (χ3v) is 6.93. The van der Waals surface area contributed by atoms with Gasteiger partial charge in [0.1, 0.15) is 23.1 Å². The molecule has 1 fully saturated rings. The van der Waals surface area contributed by atoms with E-state index in [-0.39, 0.29) is 23.5 Å². The average Bonchev–Trinajstić information content (AvgIpc) is 2.87. The van der Waals surface area contributed by atoms with E-state index in [4.69, 9.17) is 0 Å². The van der Waals surface area contributed by atoms with Crippen molar-refractivity contribution in [2.24, 2.45) is 7.05 Å². The van der Waals surface area contributed by atoms with E-state index in [1.807, 2.05) is 6.92 Å². The van der Waals surface area contributed by atoms with Gasteiger partial charge in [-0.05, 0) is 43.7 Å². The minimum absolute atomic E-state index is 0.0307. The topological polar surface area (TPSA) is 78.0 Å². The van der Waals surface area contributed by atoms with Gasteiger partial charge in [0.25, 0.3) is 5.56 Å². The first kappa shape index (κ1) is 23.6. The monoisotopic (exact) mass is 482 g/mol. The van der Waals surface area contributed by atoms with Crippen LogP contribution in [0, 0.1) is 24.1 Å². The Morgan fingerprint density at radius 3 is 2.58 bits per heavy atom. The van der Waals surface area contributed by atoms with Gasteiger partial charge in [0, 0.05) is 45.0 Å². The van der Waals surface area contributed by atoms with Crippen LogP contribution in [-0.4, -0.2) is 45.1 Å². The molecule has 3 aromatic heterocycles. The minimum Gasteiger partial charge on any atom is -0.364 e. The summed E-state index contributed by atoms with van der Waals surface area (Å²) in [6, 6.07) is 18.1. The van der Waals surface area contributed by atoms with Crippen molar-refractivity contribution in [3.63, 3.8) is 0 Å². The molecule has 1 aliphatic rings. The lowest BCUT2D eigenvalue weighted by molar-refractivity contribution is 0.185. The van der Waals surface area contributed by atoms with Crippen molar-refractivity contribution in [1.29, 1.82) is 5.26 Å². The first-order valence-electron chi connectivity index (χ1n) is 12.0. The van der Waals surface area contributed by atoms with Crippen LogP contribution in [0.3, 0.4) is 0 Å². The Morgan fingerprint density at radius 2 is 1.89 bits per heavy atom. The zero-order valence-corrected chi connectivity index (χ0v) is 20.5. The number of aromatic nitrogens is 3. The lowest BCUT2D eigenvalue weighted by Crippen LogP contribution is -2.53. The molecule has 1 saturated heterocycles. The maximum atomic E-state index is 14.2. The summed E-state index contributed by atoms with van der Waals surface area (Å²) in [5.41, 5.74) is 5.12. The van der Waals surface area contributed by atoms with Gasteiger partial charge in [0.2, 0.25) is 0 Å². The number of fused-ring (bicyclic) bond motifs is 1. The second-order valence-corrected chi connectivity index (χ2v) is 9.35. The minimum atomic E-state index is -0.310. The lowest BCUT2D eigenvalue weighted by Gasteiger charge is -2.44. The van der Waals surface area contributed by atoms with Gasteiger partial charge < -0.3 is 9.47 Å². The van der Waals surface area contributed by atoms with Crippen molar-refractivity contribution in [2.75, 3.05) is 24.5 Å². The summed E-state index contributed by atoms with van der Waals surface area (Å²) in [5, 5.41) is 9.39. The molecule has 2 atom stereocenters. The molecule has 0 aliphatic carbocycles. The molecule has 5 rings (SSSR count). The smallest absolute Gasteiger partial charge is 0.252 e. The van der Waals surface area contributed by atoms with E-state index in [0.717, 1.165) is 16.8 Å². The van der Waals surface area contributed by atoms with Crippen LogP contribution in [0.15, 0.2) is 65.6 Å². The van der Waals surface area contributed by atoms with Crippen molar-refractivity contribution in [2.45, 2.75) is 25.9 Å². The van der Waals surface area contributed by atoms with Gasteiger partial charge in [0.05, 0.1) is 22.9 Å². The van der Waals surface area contributed by atoms with Crippen molar-refractivity contribution in [3.05, 3.63) is 99.5 Å². The lowest BCUT2D eigenvalue weighted by atomic mass is 9.98. The Hall–Kier alpha value is -4.09. The van der Waals surface area contributed by atoms with E-state index >= 15 is 0 Å². The van der Waals surface area contributed by atoms with Crippen LogP contribution in [-0.2, 0) is 7.05 Å². The van der Waals surface area contributed by atoms with Crippen molar-refractivity contribution < 1.29 is 4.39 Å². The van der Waals surface area contributed by atoms with E-state index in [2.05, 4.69) is 57.0 Å². The van der Waals surface area contributed by atoms with Crippen LogP contribution in [0.5, 0.6) is 0 Å². The normalized spacial score (nSPS) is 17.2. The first-order valence-corrected chi connectivity index (χ1v) is 12.0. The summed E-state index contributed by atoms with van der Waals surface area (Å²) in [7, 11) is 1.71. The molecule has 1 aliphatic heterocycles. The SMILES string of the molecule is Cc1ccc(C(c2cc(F)ccn2)N2CCN(c3cc(=O)n(C)c4ccc(C#N)nc34)[C@@H](C)C2)cc1. The summed E-state index contributed by atoms with van der Waals surface area (Å²) in [5.74, 6) is -0.310. The standard InChI is InChI=1S/C28H27FN6O/c1-18-4-6-20(7-5-18)28(23-14-21(29)10-11-31-23)34-12-13-35(19(2)17-34)25-15-26(36)33(3)24-9-8-22(16-30)32-27(24)25/h4-11,14-15,19,28H,12-13,17H2,1-3H3/t19-,28?/m0/s1. The second kappa shape index (κ2) is 9.51. The summed E-state index contributed by atoms with van der Waals surface area (Å²) >= 11 is 0. The molecule has 4 aromatic rings. The Kier molecular flexibility index (Phi) is 6.25. The molecule has 1 unspecified atom stereocenters. The van der Waals surface area contributed by atoms with E-state index in [0.29, 0.717) is 42.1 Å². The van der Waals surface area contributed by atoms with E-state index < -0.39 is 0 Å². The fourth-order valence-corrected chi connectivity index (χ4v) is 5.06. The largest absolute Gasteiger partial charge is 0.364 e. The highest BCUT2D eigenvalue weighted by molar-refractivity contribution is 5.89. The van der Waals surface area contributed by atoms with E-state index in [1.165, 1.54) is 18.3 Å². The number of aryl methyl sites for hydroxylation is 2. The van der Waals surface area contributed by atoms with Crippen molar-refractivity contribution in [3.8, 4) is 6.07 Å². The maximum Gasteiger partial charge on any atom is 0.252 e. The van der Waals surface area contributed by atoms with Crippen molar-refractivity contribution >= 4 is 16.7 Å². The number of rotatable bonds is 4. The molecule has 7 nitrogen and oxygen atoms in total. The number of hydrogen-bond acceptors (Lipinski definition) is 6. The summed E-state index contributed by atoms with van der Waals surface area (Å²) in [6.07, 6.45) is 1.51. The number of anilines is 1. The van der Waals surface area contributed by atoms with Gasteiger partial charge in [-0.2, -0.15) is 5.26 Å². The van der Waals surface area contributed by atoms with Gasteiger partial charge in [-0.3, -0.25) is 14.7 Å². The third kappa shape index (κ3) is 4.34. The highest BCUT2D eigenvalue weighted by Gasteiger charge is 2.32. The maximum absolute atomic E-state index is 14.2. The molecule has 36 heavy (non-hydrogen) atoms. The fraction of sp³-hybridized carbons (Fsp3) is 0.286. The molecule has 0 bridgehead atoms. The molecule has 0 N–H and O–H groups in total. The number of hydrogen-bond donors (Lipinski definition) is 0. The van der Waals surface area contributed by atoms with Gasteiger partial charge in [-0.25, -0.2) is 9.37 Å². The molecule has 182 valence electrons. The Morgan fingerprint density at radius 1 is 1.11 bits per heavy atom. The number of benzene rings is 1. The Labute approximate surface area is 209 Å². The average molecular weight is 483 g/mol. The number of piperazine rings is 1. The number of halogens is 1. The van der Waals surface area contributed by atoms with Gasteiger partial charge in [0.15, 0.2) is 0 Å². The molecule has 0 spiro atoms.